The van der Waals surface area contributed by atoms with Crippen LogP contribution >= 0.6 is 0 Å². The molecule has 0 heterocycles. The molecule has 1 N–H and O–H groups in total. The van der Waals surface area contributed by atoms with Crippen molar-refractivity contribution in [1.82, 2.24) is 0 Å². The van der Waals surface area contributed by atoms with Gasteiger partial charge in [-0.05, 0) is 0 Å². The van der Waals surface area contributed by atoms with Gasteiger partial charge in [0.15, 0.2) is 0 Å². The number of hydrogen-bond acceptors (Lipinski definition) is 2. The summed E-state index contributed by atoms with van der Waals surface area (Å²) in [5.74, 6) is 0. The van der Waals surface area contributed by atoms with Crippen molar-refractivity contribution in [3.63, 3.8) is 0 Å². The predicted octanol–water partition coefficient (Wildman–Crippen LogP) is -0.0700. The van der Waals surface area contributed by atoms with Crippen molar-refractivity contribution in [1.29, 1.82) is 0 Å². The largest absolute Gasteiger partial charge is 0.505 e. The Morgan fingerprint density at radius 3 is 2.00 bits per heavy atom. The second kappa shape index (κ2) is 5.04. The molecular weight excluding hydrogens is 96.3 g/mol. The summed E-state index contributed by atoms with van der Waals surface area (Å²) in [6.45, 7) is 0. The van der Waals surface area contributed by atoms with Crippen molar-refractivity contribution in [2.45, 2.75) is 0 Å². The first-order chi connectivity index (χ1) is 2.27. The molecule has 0 fully saturated rings. The van der Waals surface area contributed by atoms with Crippen LogP contribution in [-0.2, 0) is 4.74 Å². The first-order valence-electron chi connectivity index (χ1n) is 1.04. The van der Waals surface area contributed by atoms with Crippen LogP contribution in [0.25, 0.3) is 0 Å². The summed E-state index contributed by atoms with van der Waals surface area (Å²) >= 11 is 0. The number of hydrogen-bond donors (Lipinski definition) is 1. The highest BCUT2D eigenvalue weighted by atomic mass is 24.3. The lowest BCUT2D eigenvalue weighted by atomic mass is 11.4. The van der Waals surface area contributed by atoms with Gasteiger partial charge in [-0.2, -0.15) is 0 Å². The monoisotopic (exact) mass is 100 g/mol. The summed E-state index contributed by atoms with van der Waals surface area (Å²) in [7, 11) is 1.10. The van der Waals surface area contributed by atoms with E-state index in [0.717, 1.165) is 7.11 Å². The van der Waals surface area contributed by atoms with Crippen molar-refractivity contribution < 1.29 is 14.6 Å². The maximum Gasteiger partial charge on any atom is 0.505 e. The van der Waals surface area contributed by atoms with Crippen LogP contribution in [0.15, 0.2) is 0 Å². The highest BCUT2D eigenvalue weighted by molar-refractivity contribution is 5.75. The Labute approximate surface area is 51.4 Å². The van der Waals surface area contributed by atoms with Gasteiger partial charge in [-0.25, -0.2) is 4.79 Å². The molecule has 0 aliphatic rings. The quantitative estimate of drug-likeness (QED) is 0.342. The third-order valence-corrected chi connectivity index (χ3v) is 0.175. The van der Waals surface area contributed by atoms with E-state index in [2.05, 4.69) is 4.74 Å². The number of ether oxygens (including phenoxy) is 1. The first kappa shape index (κ1) is 9.40. The minimum atomic E-state index is -1.25. The molecule has 2 radical (unpaired) electrons. The minimum absolute atomic E-state index is 0. The van der Waals surface area contributed by atoms with Crippen LogP contribution in [0.2, 0.25) is 0 Å². The van der Waals surface area contributed by atoms with Crippen molar-refractivity contribution in [2.75, 3.05) is 7.11 Å². The summed E-state index contributed by atoms with van der Waals surface area (Å²) in [5.41, 5.74) is 0. The van der Waals surface area contributed by atoms with Crippen molar-refractivity contribution in [2.24, 2.45) is 0 Å². The fraction of sp³-hybridized carbons (Fsp3) is 0.500. The van der Waals surface area contributed by atoms with E-state index in [-0.39, 0.29) is 23.1 Å². The Morgan fingerprint density at radius 2 is 2.00 bits per heavy atom. The van der Waals surface area contributed by atoms with Crippen LogP contribution in [-0.4, -0.2) is 41.4 Å². The zero-order valence-corrected chi connectivity index (χ0v) is 4.89. The Bertz CT molecular complexity index is 44.1. The summed E-state index contributed by atoms with van der Waals surface area (Å²) in [6.07, 6.45) is -1.25. The van der Waals surface area contributed by atoms with Crippen LogP contribution in [0, 0.1) is 0 Å². The van der Waals surface area contributed by atoms with Gasteiger partial charge < -0.3 is 9.84 Å². The standard InChI is InChI=1S/C2H4O3.Mg/c1-5-2(3)4;/h1H3,(H,3,4);. The average molecular weight is 100 g/mol. The molecule has 0 saturated carbocycles. The van der Waals surface area contributed by atoms with Crippen LogP contribution in [0.3, 0.4) is 0 Å². The molecule has 0 aromatic heterocycles. The molecule has 0 atom stereocenters. The predicted molar refractivity (Wildman–Crippen MR) is 20.8 cm³/mol. The maximum atomic E-state index is 9.15. The van der Waals surface area contributed by atoms with Crippen molar-refractivity contribution in [3.8, 4) is 0 Å². The van der Waals surface area contributed by atoms with Gasteiger partial charge in [-0.3, -0.25) is 0 Å². The molecule has 4 heteroatoms. The Balaban J connectivity index is 0. The van der Waals surface area contributed by atoms with E-state index < -0.39 is 6.16 Å². The average Bonchev–Trinajstić information content (AvgIpc) is 1.38. The molecule has 0 amide bonds. The maximum absolute atomic E-state index is 9.15. The second-order valence-corrected chi connectivity index (χ2v) is 0.470. The van der Waals surface area contributed by atoms with Crippen molar-refractivity contribution in [3.05, 3.63) is 0 Å². The molecule has 0 aliphatic carbocycles. The lowest BCUT2D eigenvalue weighted by Gasteiger charge is -1.79. The van der Waals surface area contributed by atoms with Gasteiger partial charge in [-0.1, -0.05) is 0 Å². The smallest absolute Gasteiger partial charge is 0.450 e. The summed E-state index contributed by atoms with van der Waals surface area (Å²) in [5, 5.41) is 7.50. The molecule has 32 valence electrons. The molecule has 0 aromatic rings. The Hall–Kier alpha value is 0.0362. The van der Waals surface area contributed by atoms with Crippen LogP contribution < -0.4 is 0 Å². The SMILES string of the molecule is COC(=O)O.[Mg]. The van der Waals surface area contributed by atoms with E-state index in [1.54, 1.807) is 0 Å². The summed E-state index contributed by atoms with van der Waals surface area (Å²) in [6, 6.07) is 0. The lowest BCUT2D eigenvalue weighted by molar-refractivity contribution is 0.114. The topological polar surface area (TPSA) is 46.5 Å². The van der Waals surface area contributed by atoms with E-state index in [1.807, 2.05) is 0 Å². The van der Waals surface area contributed by atoms with Gasteiger partial charge in [0.25, 0.3) is 0 Å². The molecule has 0 aliphatic heterocycles. The Morgan fingerprint density at radius 1 is 1.83 bits per heavy atom. The molecule has 6 heavy (non-hydrogen) atoms. The molecule has 0 spiro atoms. The number of rotatable bonds is 0. The Kier molecular flexibility index (Phi) is 7.89. The van der Waals surface area contributed by atoms with Gasteiger partial charge in [0.2, 0.25) is 0 Å². The summed E-state index contributed by atoms with van der Waals surface area (Å²) in [4.78, 5) is 9.15. The number of carboxylic acid groups (broad SMARTS) is 1. The lowest BCUT2D eigenvalue weighted by Crippen LogP contribution is -1.91. The van der Waals surface area contributed by atoms with E-state index in [9.17, 15) is 0 Å². The molecule has 0 aromatic carbocycles. The van der Waals surface area contributed by atoms with E-state index in [1.165, 1.54) is 0 Å². The highest BCUT2D eigenvalue weighted by Gasteiger charge is 1.80. The third kappa shape index (κ3) is 8.97. The molecule has 0 saturated heterocycles. The molecular formula is C2H4MgO3. The fourth-order valence-electron chi connectivity index (χ4n) is 0. The molecule has 3 nitrogen and oxygen atoms in total. The number of methoxy groups -OCH3 is 1. The molecule has 0 rings (SSSR count). The van der Waals surface area contributed by atoms with Crippen LogP contribution in [0.5, 0.6) is 0 Å². The van der Waals surface area contributed by atoms with E-state index in [0.29, 0.717) is 0 Å². The normalized spacial score (nSPS) is 5.50. The first-order valence-corrected chi connectivity index (χ1v) is 1.04. The minimum Gasteiger partial charge on any atom is -0.450 e. The highest BCUT2D eigenvalue weighted by Crippen LogP contribution is 1.60. The van der Waals surface area contributed by atoms with Crippen LogP contribution in [0.4, 0.5) is 4.79 Å². The van der Waals surface area contributed by atoms with Gasteiger partial charge in [0.1, 0.15) is 0 Å². The van der Waals surface area contributed by atoms with Crippen molar-refractivity contribution >= 4 is 29.2 Å². The molecule has 0 bridgehead atoms. The second-order valence-electron chi connectivity index (χ2n) is 0.470. The summed E-state index contributed by atoms with van der Waals surface area (Å²) < 4.78 is 3.67. The van der Waals surface area contributed by atoms with E-state index in [4.69, 9.17) is 9.90 Å². The fourth-order valence-corrected chi connectivity index (χ4v) is 0. The van der Waals surface area contributed by atoms with Gasteiger partial charge in [0, 0.05) is 23.1 Å². The molecule has 0 unspecified atom stereocenters. The zero-order valence-electron chi connectivity index (χ0n) is 3.47. The van der Waals surface area contributed by atoms with Gasteiger partial charge in [0.05, 0.1) is 7.11 Å². The third-order valence-electron chi connectivity index (χ3n) is 0.175. The number of carbonyl (C=O) groups is 1. The van der Waals surface area contributed by atoms with Gasteiger partial charge >= 0.3 is 6.16 Å². The van der Waals surface area contributed by atoms with Crippen LogP contribution in [0.1, 0.15) is 0 Å². The van der Waals surface area contributed by atoms with E-state index >= 15 is 0 Å². The zero-order chi connectivity index (χ0) is 4.28. The van der Waals surface area contributed by atoms with Gasteiger partial charge in [-0.15, -0.1) is 0 Å².